The quantitative estimate of drug-likeness (QED) is 0.767. The number of hydrogen-bond acceptors (Lipinski definition) is 4. The molecule has 0 radical (unpaired) electrons. The number of para-hydroxylation sites is 1. The highest BCUT2D eigenvalue weighted by Crippen LogP contribution is 2.37. The summed E-state index contributed by atoms with van der Waals surface area (Å²) in [6.45, 7) is 2.42. The Morgan fingerprint density at radius 2 is 1.86 bits per heavy atom. The zero-order valence-corrected chi connectivity index (χ0v) is 16.4. The Balaban J connectivity index is 1.33. The molecule has 2 aliphatic heterocycles. The van der Waals surface area contributed by atoms with E-state index in [1.54, 1.807) is 6.20 Å². The minimum atomic E-state index is -0.425. The molecule has 7 nitrogen and oxygen atoms in total. The molecule has 0 unspecified atom stereocenters. The molecule has 2 aromatic rings. The Hall–Kier alpha value is -3.14. The normalized spacial score (nSPS) is 17.8. The smallest absolute Gasteiger partial charge is 0.256 e. The van der Waals surface area contributed by atoms with Crippen molar-refractivity contribution in [1.82, 2.24) is 14.8 Å². The lowest BCUT2D eigenvalue weighted by atomic mass is 10.0. The minimum absolute atomic E-state index is 0.0144. The van der Waals surface area contributed by atoms with Crippen LogP contribution in [0.5, 0.6) is 0 Å². The van der Waals surface area contributed by atoms with Gasteiger partial charge >= 0.3 is 0 Å². The number of amides is 2. The second-order valence-corrected chi connectivity index (χ2v) is 7.66. The van der Waals surface area contributed by atoms with E-state index in [0.29, 0.717) is 57.4 Å². The van der Waals surface area contributed by atoms with E-state index in [2.05, 4.69) is 21.1 Å². The Morgan fingerprint density at radius 3 is 2.66 bits per heavy atom. The zero-order chi connectivity index (χ0) is 20.3. The van der Waals surface area contributed by atoms with Crippen molar-refractivity contribution < 1.29 is 9.59 Å². The van der Waals surface area contributed by atoms with Crippen LogP contribution >= 0.6 is 0 Å². The van der Waals surface area contributed by atoms with Crippen LogP contribution in [0.15, 0.2) is 40.7 Å². The molecule has 1 N–H and O–H groups in total. The topological polar surface area (TPSA) is 81.1 Å². The van der Waals surface area contributed by atoms with Gasteiger partial charge in [0.05, 0.1) is 5.56 Å². The Kier molecular flexibility index (Phi) is 5.34. The van der Waals surface area contributed by atoms with Crippen LogP contribution < -0.4 is 0 Å². The number of hydrogen-bond donors (Lipinski definition) is 1. The zero-order valence-electron chi connectivity index (χ0n) is 16.4. The average Bonchev–Trinajstić information content (AvgIpc) is 3.46. The van der Waals surface area contributed by atoms with Gasteiger partial charge in [0, 0.05) is 69.0 Å². The number of aromatic amines is 1. The number of carbonyl (C=O) groups excluding carboxylic acids is 2. The van der Waals surface area contributed by atoms with Crippen molar-refractivity contribution in [3.63, 3.8) is 0 Å². The van der Waals surface area contributed by atoms with Gasteiger partial charge in [0.25, 0.3) is 5.91 Å². The van der Waals surface area contributed by atoms with Gasteiger partial charge in [0.2, 0.25) is 5.91 Å². The van der Waals surface area contributed by atoms with Gasteiger partial charge in [-0.25, -0.2) is 0 Å². The number of carbonyl (C=O) groups is 2. The van der Waals surface area contributed by atoms with E-state index in [4.69, 9.17) is 6.42 Å². The third-order valence-corrected chi connectivity index (χ3v) is 5.75. The van der Waals surface area contributed by atoms with Gasteiger partial charge in [-0.2, -0.15) is 10.2 Å². The van der Waals surface area contributed by atoms with E-state index < -0.39 is 5.66 Å². The highest BCUT2D eigenvalue weighted by molar-refractivity contribution is 6.06. The maximum Gasteiger partial charge on any atom is 0.256 e. The van der Waals surface area contributed by atoms with E-state index >= 15 is 0 Å². The summed E-state index contributed by atoms with van der Waals surface area (Å²) >= 11 is 0. The summed E-state index contributed by atoms with van der Waals surface area (Å²) in [6.07, 6.45) is 10.2. The minimum Gasteiger partial charge on any atom is -0.360 e. The van der Waals surface area contributed by atoms with Crippen molar-refractivity contribution in [3.05, 3.63) is 36.0 Å². The lowest BCUT2D eigenvalue weighted by Crippen LogP contribution is -2.37. The number of fused-ring (bicyclic) bond motifs is 1. The summed E-state index contributed by atoms with van der Waals surface area (Å²) in [7, 11) is 0. The fourth-order valence-electron chi connectivity index (χ4n) is 3.92. The van der Waals surface area contributed by atoms with E-state index in [0.717, 1.165) is 17.3 Å². The fourth-order valence-corrected chi connectivity index (χ4v) is 3.92. The van der Waals surface area contributed by atoms with Gasteiger partial charge in [-0.05, 0) is 12.5 Å². The van der Waals surface area contributed by atoms with Gasteiger partial charge in [-0.15, -0.1) is 12.3 Å². The molecule has 4 rings (SSSR count). The molecule has 3 heterocycles. The monoisotopic (exact) mass is 391 g/mol. The number of aromatic nitrogens is 1. The van der Waals surface area contributed by atoms with E-state index in [1.807, 2.05) is 34.1 Å². The molecule has 2 aliphatic rings. The molecule has 1 aromatic heterocycles. The van der Waals surface area contributed by atoms with Crippen molar-refractivity contribution in [1.29, 1.82) is 0 Å². The molecule has 7 heteroatoms. The molecule has 0 aliphatic carbocycles. The van der Waals surface area contributed by atoms with Gasteiger partial charge in [-0.3, -0.25) is 9.59 Å². The first-order chi connectivity index (χ1) is 14.1. The van der Waals surface area contributed by atoms with Gasteiger partial charge in [0.1, 0.15) is 0 Å². The lowest BCUT2D eigenvalue weighted by Gasteiger charge is -2.22. The number of benzene rings is 1. The molecule has 0 atom stereocenters. The maximum atomic E-state index is 13.0. The summed E-state index contributed by atoms with van der Waals surface area (Å²) in [5, 5.41) is 9.13. The first-order valence-corrected chi connectivity index (χ1v) is 10.1. The van der Waals surface area contributed by atoms with Gasteiger partial charge in [-0.1, -0.05) is 18.2 Å². The second kappa shape index (κ2) is 8.08. The van der Waals surface area contributed by atoms with Gasteiger partial charge < -0.3 is 14.8 Å². The molecule has 0 bridgehead atoms. The SMILES string of the molecule is C#CCCC1(CCC(=O)N2CCCN(C(=O)c3c[nH]c4ccccc34)CC2)N=N1. The largest absolute Gasteiger partial charge is 0.360 e. The average molecular weight is 391 g/mol. The van der Waals surface area contributed by atoms with Crippen LogP contribution in [0.3, 0.4) is 0 Å². The molecular weight excluding hydrogens is 366 g/mol. The summed E-state index contributed by atoms with van der Waals surface area (Å²) < 4.78 is 0. The molecule has 0 spiro atoms. The molecule has 1 saturated heterocycles. The maximum absolute atomic E-state index is 13.0. The third kappa shape index (κ3) is 4.16. The first-order valence-electron chi connectivity index (χ1n) is 10.1. The summed E-state index contributed by atoms with van der Waals surface area (Å²) in [5.41, 5.74) is 1.22. The number of terminal acetylenes is 1. The molecule has 29 heavy (non-hydrogen) atoms. The number of nitrogens with one attached hydrogen (secondary N) is 1. The van der Waals surface area contributed by atoms with Crippen LogP contribution in [-0.2, 0) is 4.79 Å². The molecule has 150 valence electrons. The lowest BCUT2D eigenvalue weighted by molar-refractivity contribution is -0.131. The number of nitrogens with zero attached hydrogens (tertiary/aromatic N) is 4. The van der Waals surface area contributed by atoms with Crippen LogP contribution in [0.25, 0.3) is 10.9 Å². The van der Waals surface area contributed by atoms with Gasteiger partial charge in [0.15, 0.2) is 5.66 Å². The Morgan fingerprint density at radius 1 is 1.10 bits per heavy atom. The highest BCUT2D eigenvalue weighted by atomic mass is 16.2. The van der Waals surface area contributed by atoms with Crippen LogP contribution in [0.2, 0.25) is 0 Å². The first kappa shape index (κ1) is 19.2. The molecule has 1 fully saturated rings. The molecule has 1 aromatic carbocycles. The van der Waals surface area contributed by atoms with Crippen molar-refractivity contribution in [2.75, 3.05) is 26.2 Å². The number of H-pyrrole nitrogens is 1. The standard InChI is InChI=1S/C22H25N5O2/c1-2-3-10-22(24-25-22)11-9-20(28)26-12-6-13-27(15-14-26)21(29)18-16-23-19-8-5-4-7-17(18)19/h1,4-5,7-8,16,23H,3,6,9-15H2. The van der Waals surface area contributed by atoms with Crippen LogP contribution in [-0.4, -0.2) is 58.4 Å². The van der Waals surface area contributed by atoms with E-state index in [9.17, 15) is 9.59 Å². The van der Waals surface area contributed by atoms with Crippen LogP contribution in [0.4, 0.5) is 0 Å². The highest BCUT2D eigenvalue weighted by Gasteiger charge is 2.39. The summed E-state index contributed by atoms with van der Waals surface area (Å²) in [6, 6.07) is 7.80. The molecular formula is C22H25N5O2. The van der Waals surface area contributed by atoms with Crippen molar-refractivity contribution in [2.45, 2.75) is 37.8 Å². The fraction of sp³-hybridized carbons (Fsp3) is 0.455. The number of rotatable bonds is 6. The van der Waals surface area contributed by atoms with Crippen molar-refractivity contribution in [2.24, 2.45) is 10.2 Å². The van der Waals surface area contributed by atoms with Crippen LogP contribution in [0.1, 0.15) is 42.5 Å². The predicted molar refractivity (Wildman–Crippen MR) is 110 cm³/mol. The Labute approximate surface area is 170 Å². The summed E-state index contributed by atoms with van der Waals surface area (Å²) in [5.74, 6) is 2.72. The van der Waals surface area contributed by atoms with E-state index in [-0.39, 0.29) is 11.8 Å². The second-order valence-electron chi connectivity index (χ2n) is 7.66. The molecule has 0 saturated carbocycles. The molecule has 2 amide bonds. The Bertz CT molecular complexity index is 980. The third-order valence-electron chi connectivity index (χ3n) is 5.75. The van der Waals surface area contributed by atoms with Crippen molar-refractivity contribution >= 4 is 22.7 Å². The van der Waals surface area contributed by atoms with Crippen molar-refractivity contribution in [3.8, 4) is 12.3 Å². The summed E-state index contributed by atoms with van der Waals surface area (Å²) in [4.78, 5) is 32.6. The predicted octanol–water partition coefficient (Wildman–Crippen LogP) is 3.20. The van der Waals surface area contributed by atoms with E-state index in [1.165, 1.54) is 0 Å². The van der Waals surface area contributed by atoms with Crippen LogP contribution in [0, 0.1) is 12.3 Å².